The Bertz CT molecular complexity index is 582. The summed E-state index contributed by atoms with van der Waals surface area (Å²) in [5, 5.41) is 17.1. The summed E-state index contributed by atoms with van der Waals surface area (Å²) in [4.78, 5) is 8.35. The van der Waals surface area contributed by atoms with E-state index in [4.69, 9.17) is 10.1 Å². The summed E-state index contributed by atoms with van der Waals surface area (Å²) in [7, 11) is 0. The van der Waals surface area contributed by atoms with Gasteiger partial charge in [-0.05, 0) is 6.08 Å². The van der Waals surface area contributed by atoms with Gasteiger partial charge >= 0.3 is 5.82 Å². The van der Waals surface area contributed by atoms with Crippen molar-refractivity contribution >= 4 is 12.1 Å². The molecule has 0 saturated heterocycles. The fourth-order valence-corrected chi connectivity index (χ4v) is 1.81. The highest BCUT2D eigenvalue weighted by Crippen LogP contribution is 1.97. The molecule has 6 heteroatoms. The fourth-order valence-electron chi connectivity index (χ4n) is 1.81. The Morgan fingerprint density at radius 1 is 1.48 bits per heavy atom. The van der Waals surface area contributed by atoms with Crippen LogP contribution in [0, 0.1) is 5.41 Å². The van der Waals surface area contributed by atoms with Gasteiger partial charge in [0.1, 0.15) is 25.5 Å². The summed E-state index contributed by atoms with van der Waals surface area (Å²) in [6.45, 7) is 7.83. The number of hydrogen-bond acceptors (Lipinski definition) is 5. The second-order valence-electron chi connectivity index (χ2n) is 4.67. The molecule has 0 aliphatic carbocycles. The third kappa shape index (κ3) is 7.28. The van der Waals surface area contributed by atoms with Crippen LogP contribution in [0.4, 0.5) is 0 Å². The Morgan fingerprint density at radius 3 is 3.00 bits per heavy atom. The number of nitrogens with one attached hydrogen (secondary N) is 1. The molecule has 122 valence electrons. The van der Waals surface area contributed by atoms with Crippen LogP contribution in [0.25, 0.3) is 0 Å². The summed E-state index contributed by atoms with van der Waals surface area (Å²) < 4.78 is 7.38. The van der Waals surface area contributed by atoms with Gasteiger partial charge in [0.25, 0.3) is 0 Å². The topological polar surface area (TPSA) is 82.4 Å². The molecule has 6 nitrogen and oxygen atoms in total. The highest BCUT2D eigenvalue weighted by atomic mass is 16.5. The van der Waals surface area contributed by atoms with E-state index in [9.17, 15) is 5.11 Å². The first kappa shape index (κ1) is 18.4. The molecule has 1 aromatic heterocycles. The Labute approximate surface area is 136 Å². The van der Waals surface area contributed by atoms with E-state index in [0.717, 1.165) is 12.0 Å². The van der Waals surface area contributed by atoms with E-state index in [-0.39, 0.29) is 6.61 Å². The first-order valence-electron chi connectivity index (χ1n) is 7.29. The highest BCUT2D eigenvalue weighted by Gasteiger charge is 2.15. The lowest BCUT2D eigenvalue weighted by molar-refractivity contribution is -0.713. The molecule has 1 rings (SSSR count). The summed E-state index contributed by atoms with van der Waals surface area (Å²) in [5.41, 5.74) is 0. The zero-order valence-electron chi connectivity index (χ0n) is 13.1. The zero-order valence-corrected chi connectivity index (χ0v) is 13.1. The summed E-state index contributed by atoms with van der Waals surface area (Å²) >= 11 is 0. The second-order valence-corrected chi connectivity index (χ2v) is 4.67. The Morgan fingerprint density at radius 2 is 2.30 bits per heavy atom. The molecule has 0 radical (unpaired) electrons. The van der Waals surface area contributed by atoms with E-state index in [1.54, 1.807) is 18.3 Å². The molecule has 0 saturated carbocycles. The molecular formula is C17H23N4O2+. The molecule has 0 aliphatic rings. The van der Waals surface area contributed by atoms with Gasteiger partial charge in [-0.2, -0.15) is 0 Å². The van der Waals surface area contributed by atoms with Crippen LogP contribution in [0.2, 0.25) is 0 Å². The smallest absolute Gasteiger partial charge is 0.302 e. The van der Waals surface area contributed by atoms with Crippen molar-refractivity contribution in [3.63, 3.8) is 0 Å². The summed E-state index contributed by atoms with van der Waals surface area (Å²) in [6.07, 6.45) is 11.5. The second kappa shape index (κ2) is 11.0. The van der Waals surface area contributed by atoms with Crippen molar-refractivity contribution < 1.29 is 14.4 Å². The molecular weight excluding hydrogens is 292 g/mol. The van der Waals surface area contributed by atoms with Gasteiger partial charge < -0.3 is 15.3 Å². The van der Waals surface area contributed by atoms with Crippen LogP contribution in [0.3, 0.4) is 0 Å². The molecule has 1 heterocycles. The molecule has 1 unspecified atom stereocenters. The van der Waals surface area contributed by atoms with Gasteiger partial charge in [0, 0.05) is 24.9 Å². The number of aliphatic hydroxyl groups is 1. The summed E-state index contributed by atoms with van der Waals surface area (Å²) in [6, 6.07) is 1.81. The molecule has 0 spiro atoms. The average Bonchev–Trinajstić information content (AvgIpc) is 2.55. The van der Waals surface area contributed by atoms with Crippen molar-refractivity contribution in [1.29, 1.82) is 5.41 Å². The molecule has 0 aliphatic heterocycles. The van der Waals surface area contributed by atoms with Crippen molar-refractivity contribution in [3.8, 4) is 0 Å². The maximum absolute atomic E-state index is 10.1. The third-order valence-corrected chi connectivity index (χ3v) is 2.80. The molecule has 1 aromatic rings. The van der Waals surface area contributed by atoms with E-state index in [1.807, 2.05) is 16.8 Å². The van der Waals surface area contributed by atoms with Gasteiger partial charge in [-0.1, -0.05) is 17.1 Å². The number of hydrogen-bond donors (Lipinski definition) is 2. The molecule has 2 N–H and O–H groups in total. The van der Waals surface area contributed by atoms with Gasteiger partial charge in [0.05, 0.1) is 12.6 Å². The van der Waals surface area contributed by atoms with Gasteiger partial charge in [-0.25, -0.2) is 9.56 Å². The predicted octanol–water partition coefficient (Wildman–Crippen LogP) is 1.61. The minimum Gasteiger partial charge on any atom is -0.478 e. The SMILES string of the molecule is C=CCC(=N/C=C\C=N)OCC(O)C[n+]1cccnc1CC=C. The van der Waals surface area contributed by atoms with Crippen molar-refractivity contribution in [2.75, 3.05) is 6.61 Å². The highest BCUT2D eigenvalue weighted by molar-refractivity contribution is 5.78. The van der Waals surface area contributed by atoms with E-state index < -0.39 is 6.10 Å². The maximum atomic E-state index is 10.1. The number of ether oxygens (including phenoxy) is 1. The predicted molar refractivity (Wildman–Crippen MR) is 90.5 cm³/mol. The number of nitrogens with zero attached hydrogens (tertiary/aromatic N) is 3. The van der Waals surface area contributed by atoms with Crippen molar-refractivity contribution in [2.24, 2.45) is 4.99 Å². The third-order valence-electron chi connectivity index (χ3n) is 2.80. The molecule has 1 atom stereocenters. The molecule has 0 fully saturated rings. The Hall–Kier alpha value is -2.60. The van der Waals surface area contributed by atoms with Gasteiger partial charge in [0.2, 0.25) is 0 Å². The zero-order chi connectivity index (χ0) is 16.9. The molecule has 23 heavy (non-hydrogen) atoms. The van der Waals surface area contributed by atoms with Crippen LogP contribution in [-0.2, 0) is 17.7 Å². The molecule has 0 bridgehead atoms. The Kier molecular flexibility index (Phi) is 8.85. The minimum absolute atomic E-state index is 0.112. The Balaban J connectivity index is 2.61. The van der Waals surface area contributed by atoms with Gasteiger partial charge in [0.15, 0.2) is 5.90 Å². The van der Waals surface area contributed by atoms with Crippen molar-refractivity contribution in [1.82, 2.24) is 4.98 Å². The quantitative estimate of drug-likeness (QED) is 0.298. The minimum atomic E-state index is -0.700. The van der Waals surface area contributed by atoms with Crippen LogP contribution >= 0.6 is 0 Å². The monoisotopic (exact) mass is 315 g/mol. The molecule has 0 aromatic carbocycles. The standard InChI is InChI=1S/C17H23N4O2/c1-3-7-16-19-11-6-12-21(16)13-15(22)14-23-17(8-4-2)20-10-5-9-18/h3-6,9-12,15,18,22H,1-2,7-8,13-14H2/q+1/b10-5-,18-9?,20-17?. The van der Waals surface area contributed by atoms with E-state index >= 15 is 0 Å². The number of aliphatic hydroxyl groups excluding tert-OH is 1. The normalized spacial score (nSPS) is 12.8. The van der Waals surface area contributed by atoms with Crippen LogP contribution in [0.15, 0.2) is 61.0 Å². The van der Waals surface area contributed by atoms with Crippen LogP contribution < -0.4 is 4.57 Å². The average molecular weight is 315 g/mol. The largest absolute Gasteiger partial charge is 0.478 e. The van der Waals surface area contributed by atoms with Gasteiger partial charge in [-0.3, -0.25) is 0 Å². The van der Waals surface area contributed by atoms with Gasteiger partial charge in [-0.15, -0.1) is 13.2 Å². The van der Waals surface area contributed by atoms with E-state index in [2.05, 4.69) is 23.1 Å². The summed E-state index contributed by atoms with van der Waals surface area (Å²) in [5.74, 6) is 1.27. The maximum Gasteiger partial charge on any atom is 0.302 e. The molecule has 0 amide bonds. The lowest BCUT2D eigenvalue weighted by Crippen LogP contribution is -2.45. The van der Waals surface area contributed by atoms with Crippen LogP contribution in [0.5, 0.6) is 0 Å². The fraction of sp³-hybridized carbons (Fsp3) is 0.294. The lowest BCUT2D eigenvalue weighted by atomic mass is 10.3. The number of aliphatic imine (C=N–C) groups is 1. The first-order valence-corrected chi connectivity index (χ1v) is 7.29. The van der Waals surface area contributed by atoms with Crippen molar-refractivity contribution in [2.45, 2.75) is 25.5 Å². The van der Waals surface area contributed by atoms with E-state index in [1.165, 1.54) is 12.3 Å². The van der Waals surface area contributed by atoms with Crippen LogP contribution in [-0.4, -0.2) is 34.9 Å². The van der Waals surface area contributed by atoms with Crippen LogP contribution in [0.1, 0.15) is 12.2 Å². The first-order chi connectivity index (χ1) is 11.2. The van der Waals surface area contributed by atoms with Crippen molar-refractivity contribution in [3.05, 3.63) is 61.9 Å². The number of allylic oxidation sites excluding steroid dienone is 2. The van der Waals surface area contributed by atoms with E-state index in [0.29, 0.717) is 25.3 Å². The number of aromatic nitrogens is 2. The number of rotatable bonds is 10. The lowest BCUT2D eigenvalue weighted by Gasteiger charge is -2.12.